The van der Waals surface area contributed by atoms with Crippen molar-refractivity contribution < 1.29 is 19.2 Å². The van der Waals surface area contributed by atoms with Crippen LogP contribution in [-0.2, 0) is 16.1 Å². The van der Waals surface area contributed by atoms with Crippen LogP contribution in [0.5, 0.6) is 0 Å². The maximum Gasteiger partial charge on any atom is 0.262 e. The second kappa shape index (κ2) is 7.03. The fourth-order valence-electron chi connectivity index (χ4n) is 4.78. The number of nitrogens with zero attached hydrogens (tertiary/aromatic N) is 2. The number of benzene rings is 1. The minimum Gasteiger partial charge on any atom is -0.329 e. The van der Waals surface area contributed by atoms with E-state index in [1.54, 1.807) is 12.1 Å². The summed E-state index contributed by atoms with van der Waals surface area (Å²) in [7, 11) is 0. The number of hydrogen-bond acceptors (Lipinski definition) is 6. The first kappa shape index (κ1) is 19.7. The van der Waals surface area contributed by atoms with Crippen molar-refractivity contribution in [1.82, 2.24) is 15.1 Å². The number of imide groups is 2. The smallest absolute Gasteiger partial charge is 0.262 e. The first-order chi connectivity index (χ1) is 13.7. The molecule has 3 aliphatic rings. The highest BCUT2D eigenvalue weighted by molar-refractivity contribution is 6.23. The van der Waals surface area contributed by atoms with E-state index in [0.29, 0.717) is 24.2 Å². The van der Waals surface area contributed by atoms with Crippen LogP contribution in [0.4, 0.5) is 0 Å². The van der Waals surface area contributed by atoms with Gasteiger partial charge in [-0.1, -0.05) is 19.9 Å². The Hall–Kier alpha value is -2.58. The quantitative estimate of drug-likeness (QED) is 0.720. The van der Waals surface area contributed by atoms with Gasteiger partial charge in [0.25, 0.3) is 11.8 Å². The summed E-state index contributed by atoms with van der Waals surface area (Å²) >= 11 is 0. The maximum absolute atomic E-state index is 13.0. The fraction of sp³-hybridized carbons (Fsp3) is 0.524. The molecule has 3 aliphatic heterocycles. The van der Waals surface area contributed by atoms with Crippen molar-refractivity contribution in [1.29, 1.82) is 0 Å². The van der Waals surface area contributed by atoms with E-state index in [1.807, 2.05) is 6.07 Å². The second-order valence-electron chi connectivity index (χ2n) is 8.99. The zero-order chi connectivity index (χ0) is 20.9. The summed E-state index contributed by atoms with van der Waals surface area (Å²) in [5, 5.41) is 2.21. The number of nitrogens with one attached hydrogen (secondary N) is 1. The number of carbonyl (C=O) groups excluding carboxylic acids is 4. The van der Waals surface area contributed by atoms with Crippen LogP contribution in [0.2, 0.25) is 0 Å². The lowest BCUT2D eigenvalue weighted by molar-refractivity contribution is -0.136. The minimum atomic E-state index is -0.940. The lowest BCUT2D eigenvalue weighted by Crippen LogP contribution is -2.54. The van der Waals surface area contributed by atoms with Gasteiger partial charge in [0.1, 0.15) is 6.04 Å². The Morgan fingerprint density at radius 1 is 1.14 bits per heavy atom. The van der Waals surface area contributed by atoms with Crippen molar-refractivity contribution in [2.75, 3.05) is 13.1 Å². The largest absolute Gasteiger partial charge is 0.329 e. The van der Waals surface area contributed by atoms with Crippen LogP contribution in [0.3, 0.4) is 0 Å². The highest BCUT2D eigenvalue weighted by atomic mass is 16.2. The normalized spacial score (nSPS) is 26.8. The first-order valence-corrected chi connectivity index (χ1v) is 9.99. The molecule has 0 spiro atoms. The van der Waals surface area contributed by atoms with E-state index >= 15 is 0 Å². The molecule has 154 valence electrons. The van der Waals surface area contributed by atoms with Crippen LogP contribution >= 0.6 is 0 Å². The van der Waals surface area contributed by atoms with Gasteiger partial charge in [0.2, 0.25) is 11.8 Å². The Kier molecular flexibility index (Phi) is 4.78. The van der Waals surface area contributed by atoms with Crippen molar-refractivity contribution >= 4 is 23.6 Å². The van der Waals surface area contributed by atoms with Gasteiger partial charge in [-0.25, -0.2) is 0 Å². The van der Waals surface area contributed by atoms with Crippen molar-refractivity contribution in [3.8, 4) is 0 Å². The van der Waals surface area contributed by atoms with E-state index < -0.39 is 23.8 Å². The molecule has 0 saturated carbocycles. The van der Waals surface area contributed by atoms with Crippen LogP contribution in [0.15, 0.2) is 18.2 Å². The molecule has 0 radical (unpaired) electrons. The second-order valence-corrected chi connectivity index (χ2v) is 8.99. The number of rotatable bonds is 4. The third kappa shape index (κ3) is 3.47. The molecule has 0 aromatic heterocycles. The third-order valence-electron chi connectivity index (χ3n) is 6.10. The molecule has 4 rings (SSSR count). The van der Waals surface area contributed by atoms with Crippen molar-refractivity contribution in [2.24, 2.45) is 11.1 Å². The number of nitrogens with two attached hydrogens (primary N) is 1. The fourth-order valence-corrected chi connectivity index (χ4v) is 4.78. The predicted molar refractivity (Wildman–Crippen MR) is 105 cm³/mol. The van der Waals surface area contributed by atoms with Crippen molar-refractivity contribution in [3.63, 3.8) is 0 Å². The van der Waals surface area contributed by atoms with Crippen LogP contribution in [0, 0.1) is 5.41 Å². The standard InChI is InChI=1S/C21H26N4O4/c1-21(2)8-13(9-22)24(11-21)10-12-3-4-14-15(7-12)20(29)25(19(14)28)16-5-6-17(26)23-18(16)27/h3-4,7,13,16H,5-6,8-11,22H2,1-2H3,(H,23,26,27). The summed E-state index contributed by atoms with van der Waals surface area (Å²) in [4.78, 5) is 52.6. The van der Waals surface area contributed by atoms with Gasteiger partial charge in [0.15, 0.2) is 0 Å². The molecule has 29 heavy (non-hydrogen) atoms. The Bertz CT molecular complexity index is 910. The lowest BCUT2D eigenvalue weighted by atomic mass is 9.91. The van der Waals surface area contributed by atoms with Crippen LogP contribution in [0.1, 0.15) is 59.4 Å². The molecule has 2 fully saturated rings. The zero-order valence-corrected chi connectivity index (χ0v) is 16.7. The Morgan fingerprint density at radius 3 is 2.55 bits per heavy atom. The van der Waals surface area contributed by atoms with Gasteiger partial charge in [-0.05, 0) is 36.0 Å². The topological polar surface area (TPSA) is 113 Å². The Morgan fingerprint density at radius 2 is 1.86 bits per heavy atom. The molecule has 0 aliphatic carbocycles. The molecule has 8 nitrogen and oxygen atoms in total. The average Bonchev–Trinajstić information content (AvgIpc) is 3.08. The van der Waals surface area contributed by atoms with Gasteiger partial charge in [-0.3, -0.25) is 34.3 Å². The number of likely N-dealkylation sites (tertiary alicyclic amines) is 1. The summed E-state index contributed by atoms with van der Waals surface area (Å²) < 4.78 is 0. The molecule has 4 amide bonds. The molecule has 1 aromatic rings. The van der Waals surface area contributed by atoms with Crippen LogP contribution in [0.25, 0.3) is 0 Å². The number of hydrogen-bond donors (Lipinski definition) is 2. The number of piperidine rings is 1. The number of carbonyl (C=O) groups is 4. The van der Waals surface area contributed by atoms with Crippen molar-refractivity contribution in [2.45, 2.75) is 51.7 Å². The molecule has 1 aromatic carbocycles. The number of fused-ring (bicyclic) bond motifs is 1. The maximum atomic E-state index is 13.0. The summed E-state index contributed by atoms with van der Waals surface area (Å²) in [6, 6.07) is 4.62. The van der Waals surface area contributed by atoms with E-state index in [1.165, 1.54) is 0 Å². The SMILES string of the molecule is CC1(C)CC(CN)N(Cc2ccc3c(c2)C(=O)N(C2CCC(=O)NC2=O)C3=O)C1. The van der Waals surface area contributed by atoms with E-state index in [-0.39, 0.29) is 30.2 Å². The zero-order valence-electron chi connectivity index (χ0n) is 16.7. The molecule has 3 N–H and O–H groups in total. The van der Waals surface area contributed by atoms with E-state index in [2.05, 4.69) is 24.1 Å². The van der Waals surface area contributed by atoms with Gasteiger partial charge in [0, 0.05) is 32.1 Å². The predicted octanol–water partition coefficient (Wildman–Crippen LogP) is 0.647. The number of amides is 4. The van der Waals surface area contributed by atoms with Crippen molar-refractivity contribution in [3.05, 3.63) is 34.9 Å². The van der Waals surface area contributed by atoms with Gasteiger partial charge < -0.3 is 5.73 Å². The Balaban J connectivity index is 1.56. The molecular formula is C21H26N4O4. The van der Waals surface area contributed by atoms with E-state index in [9.17, 15) is 19.2 Å². The third-order valence-corrected chi connectivity index (χ3v) is 6.10. The highest BCUT2D eigenvalue weighted by Crippen LogP contribution is 2.35. The minimum absolute atomic E-state index is 0.111. The lowest BCUT2D eigenvalue weighted by Gasteiger charge is -2.27. The molecule has 3 heterocycles. The summed E-state index contributed by atoms with van der Waals surface area (Å²) in [5.41, 5.74) is 7.70. The van der Waals surface area contributed by atoms with Gasteiger partial charge >= 0.3 is 0 Å². The molecular weight excluding hydrogens is 372 g/mol. The summed E-state index contributed by atoms with van der Waals surface area (Å²) in [6.07, 6.45) is 1.29. The molecule has 2 atom stereocenters. The highest BCUT2D eigenvalue weighted by Gasteiger charge is 2.45. The van der Waals surface area contributed by atoms with Gasteiger partial charge in [-0.2, -0.15) is 0 Å². The summed E-state index contributed by atoms with van der Waals surface area (Å²) in [5.74, 6) is -1.93. The van der Waals surface area contributed by atoms with Crippen LogP contribution in [-0.4, -0.2) is 58.6 Å². The Labute approximate surface area is 169 Å². The van der Waals surface area contributed by atoms with E-state index in [0.717, 1.165) is 23.4 Å². The monoisotopic (exact) mass is 398 g/mol. The molecule has 2 saturated heterocycles. The summed E-state index contributed by atoms with van der Waals surface area (Å²) in [6.45, 7) is 6.59. The molecule has 0 bridgehead atoms. The average molecular weight is 398 g/mol. The molecule has 2 unspecified atom stereocenters. The van der Waals surface area contributed by atoms with Gasteiger partial charge in [-0.15, -0.1) is 0 Å². The van der Waals surface area contributed by atoms with Gasteiger partial charge in [0.05, 0.1) is 11.1 Å². The van der Waals surface area contributed by atoms with Crippen LogP contribution < -0.4 is 11.1 Å². The molecule has 8 heteroatoms. The first-order valence-electron chi connectivity index (χ1n) is 9.99. The van der Waals surface area contributed by atoms with E-state index in [4.69, 9.17) is 5.73 Å².